The first kappa shape index (κ1) is 29.6. The standard InChI is InChI=1S/C28H50N6O/c1-21(20-31-22-16-25(2,3)33(14-10-12-29)26(4,5)17-22)24(35)32-23-18-27(6,7)34(15-11-13-30)28(8,9)19-23/h21-23,31H,10-11,14-20H2,1-9H3,(H,32,35). The minimum absolute atomic E-state index is 0.00154. The molecule has 35 heavy (non-hydrogen) atoms. The maximum atomic E-state index is 13.1. The van der Waals surface area contributed by atoms with E-state index in [0.717, 1.165) is 38.8 Å². The Morgan fingerprint density at radius 2 is 1.17 bits per heavy atom. The Bertz CT molecular complexity index is 782. The molecule has 0 aromatic carbocycles. The van der Waals surface area contributed by atoms with Gasteiger partial charge in [0.1, 0.15) is 0 Å². The number of piperidine rings is 2. The van der Waals surface area contributed by atoms with Gasteiger partial charge in [-0.05, 0) is 81.1 Å². The van der Waals surface area contributed by atoms with Crippen LogP contribution in [0.2, 0.25) is 0 Å². The number of likely N-dealkylation sites (tertiary alicyclic amines) is 2. The van der Waals surface area contributed by atoms with Crippen molar-refractivity contribution in [2.24, 2.45) is 5.92 Å². The summed E-state index contributed by atoms with van der Waals surface area (Å²) < 4.78 is 0. The molecule has 0 aliphatic carbocycles. The van der Waals surface area contributed by atoms with Crippen LogP contribution in [-0.4, -0.2) is 69.6 Å². The van der Waals surface area contributed by atoms with Gasteiger partial charge in [-0.3, -0.25) is 14.6 Å². The van der Waals surface area contributed by atoms with Crippen LogP contribution in [0.4, 0.5) is 0 Å². The van der Waals surface area contributed by atoms with E-state index in [9.17, 15) is 4.79 Å². The van der Waals surface area contributed by atoms with Gasteiger partial charge in [0.05, 0.1) is 12.1 Å². The summed E-state index contributed by atoms with van der Waals surface area (Å²) in [5, 5.41) is 25.2. The van der Waals surface area contributed by atoms with Gasteiger partial charge in [0.2, 0.25) is 5.91 Å². The third kappa shape index (κ3) is 7.42. The zero-order valence-corrected chi connectivity index (χ0v) is 23.8. The van der Waals surface area contributed by atoms with E-state index in [2.05, 4.69) is 88.0 Å². The highest BCUT2D eigenvalue weighted by Crippen LogP contribution is 2.39. The molecule has 0 saturated carbocycles. The second-order valence-electron chi connectivity index (χ2n) is 13.4. The van der Waals surface area contributed by atoms with E-state index in [1.807, 2.05) is 6.92 Å². The van der Waals surface area contributed by atoms with Crippen LogP contribution in [0, 0.1) is 28.6 Å². The van der Waals surface area contributed by atoms with Crippen LogP contribution in [0.3, 0.4) is 0 Å². The van der Waals surface area contributed by atoms with Crippen molar-refractivity contribution in [3.63, 3.8) is 0 Å². The Hall–Kier alpha value is -1.67. The Labute approximate surface area is 214 Å². The molecule has 2 heterocycles. The van der Waals surface area contributed by atoms with E-state index < -0.39 is 0 Å². The predicted molar refractivity (Wildman–Crippen MR) is 142 cm³/mol. The van der Waals surface area contributed by atoms with Gasteiger partial charge in [-0.15, -0.1) is 0 Å². The first-order valence-corrected chi connectivity index (χ1v) is 13.4. The minimum Gasteiger partial charge on any atom is -0.353 e. The molecule has 1 unspecified atom stereocenters. The monoisotopic (exact) mass is 486 g/mol. The molecule has 1 amide bonds. The highest BCUT2D eigenvalue weighted by Gasteiger charge is 2.46. The zero-order chi connectivity index (χ0) is 26.7. The summed E-state index contributed by atoms with van der Waals surface area (Å²) in [5.74, 6) is 0.00485. The van der Waals surface area contributed by atoms with Crippen LogP contribution in [-0.2, 0) is 4.79 Å². The highest BCUT2D eigenvalue weighted by atomic mass is 16.2. The fourth-order valence-electron chi connectivity index (χ4n) is 7.20. The highest BCUT2D eigenvalue weighted by molar-refractivity contribution is 5.78. The van der Waals surface area contributed by atoms with E-state index in [4.69, 9.17) is 10.5 Å². The van der Waals surface area contributed by atoms with E-state index in [1.165, 1.54) is 0 Å². The number of amides is 1. The fraction of sp³-hybridized carbons (Fsp3) is 0.893. The smallest absolute Gasteiger partial charge is 0.224 e. The maximum absolute atomic E-state index is 13.1. The largest absolute Gasteiger partial charge is 0.353 e. The third-order valence-corrected chi connectivity index (χ3v) is 8.31. The van der Waals surface area contributed by atoms with Crippen molar-refractivity contribution >= 4 is 5.91 Å². The molecule has 1 atom stereocenters. The van der Waals surface area contributed by atoms with Crippen LogP contribution in [0.25, 0.3) is 0 Å². The number of nitriles is 2. The molecule has 7 nitrogen and oxygen atoms in total. The molecule has 2 aliphatic heterocycles. The molecular weight excluding hydrogens is 436 g/mol. The normalized spacial score (nSPS) is 25.3. The minimum atomic E-state index is -0.110. The van der Waals surface area contributed by atoms with Gasteiger partial charge in [0, 0.05) is 72.6 Å². The molecule has 2 aliphatic rings. The number of hydrogen-bond donors (Lipinski definition) is 2. The second-order valence-corrected chi connectivity index (χ2v) is 13.4. The quantitative estimate of drug-likeness (QED) is 0.507. The molecule has 198 valence electrons. The summed E-state index contributed by atoms with van der Waals surface area (Å²) in [6.07, 6.45) is 4.85. The van der Waals surface area contributed by atoms with Crippen molar-refractivity contribution in [2.45, 2.75) is 135 Å². The molecule has 0 aromatic rings. The van der Waals surface area contributed by atoms with Gasteiger partial charge in [-0.2, -0.15) is 10.5 Å². The van der Waals surface area contributed by atoms with Crippen LogP contribution in [0.1, 0.15) is 101 Å². The van der Waals surface area contributed by atoms with Gasteiger partial charge < -0.3 is 10.6 Å². The lowest BCUT2D eigenvalue weighted by Gasteiger charge is -2.55. The Morgan fingerprint density at radius 3 is 1.54 bits per heavy atom. The van der Waals surface area contributed by atoms with Crippen LogP contribution in [0.15, 0.2) is 0 Å². The number of carbonyl (C=O) groups excluding carboxylic acids is 1. The summed E-state index contributed by atoms with van der Waals surface area (Å²) in [4.78, 5) is 18.0. The SMILES string of the molecule is CC(CNC1CC(C)(C)N(CCC#N)C(C)(C)C1)C(=O)NC1CC(C)(C)N(CCC#N)C(C)(C)C1. The first-order chi connectivity index (χ1) is 16.1. The Morgan fingerprint density at radius 1 is 0.800 bits per heavy atom. The number of carbonyl (C=O) groups is 1. The van der Waals surface area contributed by atoms with E-state index in [0.29, 0.717) is 25.4 Å². The molecule has 2 saturated heterocycles. The molecule has 0 spiro atoms. The van der Waals surface area contributed by atoms with Crippen molar-refractivity contribution in [2.75, 3.05) is 19.6 Å². The number of nitrogens with zero attached hydrogens (tertiary/aromatic N) is 4. The molecular formula is C28H50N6O. The summed E-state index contributed by atoms with van der Waals surface area (Å²) in [5.41, 5.74) is -0.152. The lowest BCUT2D eigenvalue weighted by Crippen LogP contribution is -2.65. The maximum Gasteiger partial charge on any atom is 0.224 e. The van der Waals surface area contributed by atoms with Gasteiger partial charge in [-0.25, -0.2) is 0 Å². The van der Waals surface area contributed by atoms with Crippen molar-refractivity contribution < 1.29 is 4.79 Å². The summed E-state index contributed by atoms with van der Waals surface area (Å²) in [6, 6.07) is 5.05. The van der Waals surface area contributed by atoms with Crippen LogP contribution < -0.4 is 10.6 Å². The zero-order valence-electron chi connectivity index (χ0n) is 23.8. The van der Waals surface area contributed by atoms with E-state index in [-0.39, 0.29) is 40.0 Å². The Balaban J connectivity index is 1.93. The summed E-state index contributed by atoms with van der Waals surface area (Å²) >= 11 is 0. The molecule has 2 fully saturated rings. The average Bonchev–Trinajstić information content (AvgIpc) is 2.68. The topological polar surface area (TPSA) is 95.2 Å². The number of nitrogens with one attached hydrogen (secondary N) is 2. The Kier molecular flexibility index (Phi) is 9.42. The molecule has 7 heteroatoms. The first-order valence-electron chi connectivity index (χ1n) is 13.4. The van der Waals surface area contributed by atoms with Crippen molar-refractivity contribution in [3.05, 3.63) is 0 Å². The van der Waals surface area contributed by atoms with Gasteiger partial charge in [0.15, 0.2) is 0 Å². The predicted octanol–water partition coefficient (Wildman–Crippen LogP) is 4.20. The van der Waals surface area contributed by atoms with Gasteiger partial charge in [0.25, 0.3) is 0 Å². The van der Waals surface area contributed by atoms with Gasteiger partial charge >= 0.3 is 0 Å². The number of hydrogen-bond acceptors (Lipinski definition) is 6. The van der Waals surface area contributed by atoms with Crippen LogP contribution in [0.5, 0.6) is 0 Å². The van der Waals surface area contributed by atoms with Gasteiger partial charge in [-0.1, -0.05) is 6.92 Å². The van der Waals surface area contributed by atoms with E-state index in [1.54, 1.807) is 0 Å². The molecule has 0 aromatic heterocycles. The molecule has 2 N–H and O–H groups in total. The van der Waals surface area contributed by atoms with Crippen molar-refractivity contribution in [1.82, 2.24) is 20.4 Å². The van der Waals surface area contributed by atoms with Crippen LogP contribution >= 0.6 is 0 Å². The average molecular weight is 487 g/mol. The number of rotatable bonds is 9. The summed E-state index contributed by atoms with van der Waals surface area (Å²) in [6.45, 7) is 22.2. The lowest BCUT2D eigenvalue weighted by atomic mass is 9.76. The second kappa shape index (κ2) is 11.2. The molecule has 2 rings (SSSR count). The van der Waals surface area contributed by atoms with Crippen molar-refractivity contribution in [1.29, 1.82) is 10.5 Å². The third-order valence-electron chi connectivity index (χ3n) is 8.31. The molecule has 0 bridgehead atoms. The summed E-state index contributed by atoms with van der Waals surface area (Å²) in [7, 11) is 0. The van der Waals surface area contributed by atoms with E-state index >= 15 is 0 Å². The fourth-order valence-corrected chi connectivity index (χ4v) is 7.20. The lowest BCUT2D eigenvalue weighted by molar-refractivity contribution is -0.127. The van der Waals surface area contributed by atoms with Crippen molar-refractivity contribution in [3.8, 4) is 12.1 Å². The molecule has 0 radical (unpaired) electrons.